The van der Waals surface area contributed by atoms with E-state index in [9.17, 15) is 0 Å². The second-order valence-corrected chi connectivity index (χ2v) is 6.67. The molecule has 2 atom stereocenters. The molecule has 5 rings (SSSR count). The van der Waals surface area contributed by atoms with Crippen molar-refractivity contribution in [2.75, 3.05) is 39.3 Å². The second-order valence-electron chi connectivity index (χ2n) is 6.67. The van der Waals surface area contributed by atoms with Crippen molar-refractivity contribution in [1.82, 2.24) is 25.3 Å². The molecule has 0 saturated carbocycles. The smallest absolute Gasteiger partial charge is 0.247 e. The first-order chi connectivity index (χ1) is 10.3. The van der Waals surface area contributed by atoms with Crippen molar-refractivity contribution in [2.24, 2.45) is 0 Å². The van der Waals surface area contributed by atoms with Gasteiger partial charge in [-0.05, 0) is 25.8 Å². The molecule has 6 nitrogen and oxygen atoms in total. The molecule has 0 aliphatic carbocycles. The van der Waals surface area contributed by atoms with Crippen LogP contribution in [0.2, 0.25) is 0 Å². The third kappa shape index (κ3) is 2.29. The summed E-state index contributed by atoms with van der Waals surface area (Å²) in [6.45, 7) is 8.96. The first-order valence-electron chi connectivity index (χ1n) is 8.36. The van der Waals surface area contributed by atoms with Crippen molar-refractivity contribution in [1.29, 1.82) is 0 Å². The van der Waals surface area contributed by atoms with Crippen molar-refractivity contribution in [2.45, 2.75) is 44.2 Å². The van der Waals surface area contributed by atoms with Crippen LogP contribution in [-0.4, -0.2) is 59.2 Å². The summed E-state index contributed by atoms with van der Waals surface area (Å²) in [7, 11) is 0. The monoisotopic (exact) mass is 291 g/mol. The van der Waals surface area contributed by atoms with Crippen LogP contribution in [0.1, 0.15) is 50.4 Å². The fourth-order valence-electron chi connectivity index (χ4n) is 4.16. The lowest BCUT2D eigenvalue weighted by Gasteiger charge is -2.46. The van der Waals surface area contributed by atoms with Crippen LogP contribution >= 0.6 is 0 Å². The lowest BCUT2D eigenvalue weighted by molar-refractivity contribution is 0.00780. The van der Waals surface area contributed by atoms with Gasteiger partial charge in [0, 0.05) is 32.7 Å². The van der Waals surface area contributed by atoms with Gasteiger partial charge in [0.2, 0.25) is 5.89 Å². The molecule has 0 amide bonds. The summed E-state index contributed by atoms with van der Waals surface area (Å²) >= 11 is 0. The van der Waals surface area contributed by atoms with Crippen molar-refractivity contribution in [3.05, 3.63) is 11.7 Å². The number of piperazine rings is 3. The van der Waals surface area contributed by atoms with Gasteiger partial charge in [0.25, 0.3) is 0 Å². The molecule has 4 aliphatic heterocycles. The van der Waals surface area contributed by atoms with E-state index in [1.807, 2.05) is 0 Å². The molecule has 1 aromatic rings. The highest BCUT2D eigenvalue weighted by molar-refractivity contribution is 5.09. The number of nitrogens with zero attached hydrogens (tertiary/aromatic N) is 4. The van der Waals surface area contributed by atoms with Gasteiger partial charge in [-0.25, -0.2) is 0 Å². The van der Waals surface area contributed by atoms with Gasteiger partial charge in [-0.2, -0.15) is 4.98 Å². The summed E-state index contributed by atoms with van der Waals surface area (Å²) in [5, 5.41) is 7.95. The average molecular weight is 291 g/mol. The summed E-state index contributed by atoms with van der Waals surface area (Å²) in [6, 6.07) is 0.324. The number of rotatable bonds is 4. The van der Waals surface area contributed by atoms with E-state index in [0.29, 0.717) is 6.04 Å². The van der Waals surface area contributed by atoms with E-state index in [4.69, 9.17) is 9.51 Å². The summed E-state index contributed by atoms with van der Waals surface area (Å²) in [5.74, 6) is 1.70. The fourth-order valence-corrected chi connectivity index (χ4v) is 4.16. The Morgan fingerprint density at radius 3 is 2.81 bits per heavy atom. The largest absolute Gasteiger partial charge is 0.337 e. The quantitative estimate of drug-likeness (QED) is 0.897. The lowest BCUT2D eigenvalue weighted by Crippen LogP contribution is -2.57. The molecule has 4 fully saturated rings. The fraction of sp³-hybridized carbons (Fsp3) is 0.867. The first kappa shape index (κ1) is 13.7. The predicted molar refractivity (Wildman–Crippen MR) is 78.9 cm³/mol. The number of aromatic nitrogens is 2. The van der Waals surface area contributed by atoms with Crippen molar-refractivity contribution in [3.8, 4) is 0 Å². The molecule has 6 heteroatoms. The maximum Gasteiger partial charge on any atom is 0.247 e. The number of hydrogen-bond acceptors (Lipinski definition) is 6. The molecule has 21 heavy (non-hydrogen) atoms. The van der Waals surface area contributed by atoms with E-state index in [0.717, 1.165) is 57.2 Å². The molecule has 5 heterocycles. The summed E-state index contributed by atoms with van der Waals surface area (Å²) in [5.41, 5.74) is -0.0662. The highest BCUT2D eigenvalue weighted by atomic mass is 16.5. The third-order valence-corrected chi connectivity index (χ3v) is 5.35. The standard InChI is InChI=1S/C15H25N5O/c1-2-4-15(5-3-6-16-15)14-17-13(18-21-14)12-11-19-7-9-20(12)10-8-19/h12,16H,2-11H2,1H3. The molecule has 2 bridgehead atoms. The minimum absolute atomic E-state index is 0.0662. The maximum atomic E-state index is 5.70. The van der Waals surface area contributed by atoms with Crippen molar-refractivity contribution >= 4 is 0 Å². The van der Waals surface area contributed by atoms with Gasteiger partial charge < -0.3 is 9.84 Å². The zero-order chi connectivity index (χ0) is 14.3. The summed E-state index contributed by atoms with van der Waals surface area (Å²) in [4.78, 5) is 9.83. The van der Waals surface area contributed by atoms with Gasteiger partial charge in [-0.3, -0.25) is 9.80 Å². The predicted octanol–water partition coefficient (Wildman–Crippen LogP) is 1.12. The summed E-state index contributed by atoms with van der Waals surface area (Å²) < 4.78 is 5.70. The van der Waals surface area contributed by atoms with Crippen molar-refractivity contribution in [3.63, 3.8) is 0 Å². The van der Waals surface area contributed by atoms with Crippen LogP contribution in [0.3, 0.4) is 0 Å². The summed E-state index contributed by atoms with van der Waals surface area (Å²) in [6.07, 6.45) is 4.52. The van der Waals surface area contributed by atoms with Crippen LogP contribution in [0.4, 0.5) is 0 Å². The highest BCUT2D eigenvalue weighted by Gasteiger charge is 2.42. The lowest BCUT2D eigenvalue weighted by atomic mass is 9.92. The Morgan fingerprint density at radius 1 is 1.33 bits per heavy atom. The number of fused-ring (bicyclic) bond motifs is 3. The Morgan fingerprint density at radius 2 is 2.19 bits per heavy atom. The Bertz CT molecular complexity index is 488. The molecular weight excluding hydrogens is 266 g/mol. The van der Waals surface area contributed by atoms with Crippen LogP contribution in [0, 0.1) is 0 Å². The van der Waals surface area contributed by atoms with Gasteiger partial charge in [0.1, 0.15) is 0 Å². The zero-order valence-corrected chi connectivity index (χ0v) is 12.8. The van der Waals surface area contributed by atoms with Crippen LogP contribution in [0.15, 0.2) is 4.52 Å². The SMILES string of the molecule is CCCC1(c2nc(C3CN4CCN3CC4)no2)CCCN1. The number of nitrogens with one attached hydrogen (secondary N) is 1. The van der Waals surface area contributed by atoms with E-state index in [2.05, 4.69) is 27.2 Å². The minimum atomic E-state index is -0.0662. The van der Waals surface area contributed by atoms with Gasteiger partial charge >= 0.3 is 0 Å². The van der Waals surface area contributed by atoms with Crippen LogP contribution in [0.25, 0.3) is 0 Å². The van der Waals surface area contributed by atoms with Gasteiger partial charge in [-0.15, -0.1) is 0 Å². The number of hydrogen-bond donors (Lipinski definition) is 1. The Kier molecular flexibility index (Phi) is 3.47. The molecule has 0 spiro atoms. The topological polar surface area (TPSA) is 57.4 Å². The highest BCUT2D eigenvalue weighted by Crippen LogP contribution is 2.35. The Hall–Kier alpha value is -0.980. The molecule has 2 unspecified atom stereocenters. The molecule has 116 valence electrons. The van der Waals surface area contributed by atoms with Gasteiger partial charge in [-0.1, -0.05) is 18.5 Å². The molecule has 0 aromatic carbocycles. The van der Waals surface area contributed by atoms with Gasteiger partial charge in [0.05, 0.1) is 11.6 Å². The van der Waals surface area contributed by atoms with Gasteiger partial charge in [0.15, 0.2) is 5.82 Å². The normalized spacial score (nSPS) is 39.0. The van der Waals surface area contributed by atoms with Crippen LogP contribution in [-0.2, 0) is 5.54 Å². The Balaban J connectivity index is 1.58. The average Bonchev–Trinajstić information content (AvgIpc) is 3.18. The molecule has 4 saturated heterocycles. The molecule has 4 aliphatic rings. The van der Waals surface area contributed by atoms with Crippen LogP contribution in [0.5, 0.6) is 0 Å². The van der Waals surface area contributed by atoms with Crippen LogP contribution < -0.4 is 5.32 Å². The third-order valence-electron chi connectivity index (χ3n) is 5.35. The molecular formula is C15H25N5O. The van der Waals surface area contributed by atoms with E-state index in [-0.39, 0.29) is 5.54 Å². The first-order valence-corrected chi connectivity index (χ1v) is 8.36. The molecule has 0 radical (unpaired) electrons. The van der Waals surface area contributed by atoms with E-state index < -0.39 is 0 Å². The second kappa shape index (κ2) is 5.34. The van der Waals surface area contributed by atoms with E-state index >= 15 is 0 Å². The molecule has 1 N–H and O–H groups in total. The maximum absolute atomic E-state index is 5.70. The zero-order valence-electron chi connectivity index (χ0n) is 12.8. The van der Waals surface area contributed by atoms with E-state index in [1.54, 1.807) is 0 Å². The van der Waals surface area contributed by atoms with E-state index in [1.165, 1.54) is 19.5 Å². The van der Waals surface area contributed by atoms with Crippen molar-refractivity contribution < 1.29 is 4.52 Å². The Labute approximate surface area is 125 Å². The molecule has 1 aromatic heterocycles. The minimum Gasteiger partial charge on any atom is -0.337 e.